The zero-order valence-electron chi connectivity index (χ0n) is 9.14. The van der Waals surface area contributed by atoms with Gasteiger partial charge in [-0.1, -0.05) is 11.3 Å². The van der Waals surface area contributed by atoms with Crippen molar-refractivity contribution in [3.63, 3.8) is 0 Å². The largest absolute Gasteiger partial charge is 0.355 e. The van der Waals surface area contributed by atoms with Gasteiger partial charge in [-0.05, 0) is 6.92 Å². The van der Waals surface area contributed by atoms with E-state index in [-0.39, 0.29) is 11.9 Å². The van der Waals surface area contributed by atoms with Crippen molar-refractivity contribution >= 4 is 22.4 Å². The lowest BCUT2D eigenvalue weighted by atomic mass is 10.2. The molecule has 7 heteroatoms. The summed E-state index contributed by atoms with van der Waals surface area (Å²) in [7, 11) is 0. The molecule has 1 aliphatic heterocycles. The highest BCUT2D eigenvalue weighted by molar-refractivity contribution is 7.13. The molecule has 1 fully saturated rings. The van der Waals surface area contributed by atoms with Gasteiger partial charge in [0, 0.05) is 26.2 Å². The first kappa shape index (κ1) is 11.3. The number of carbonyl (C=O) groups excluding carboxylic acids is 1. The van der Waals surface area contributed by atoms with Crippen molar-refractivity contribution in [1.82, 2.24) is 20.8 Å². The standard InChI is InChI=1S/C9H15N5OS/c1-2-11-8(15)7-5-10-3-4-14(7)9-13-12-6-16-9/h6-7,10H,2-5H2,1H3,(H,11,15). The predicted octanol–water partition coefficient (Wildman–Crippen LogP) is -0.548. The Kier molecular flexibility index (Phi) is 3.68. The molecule has 16 heavy (non-hydrogen) atoms. The maximum atomic E-state index is 11.9. The summed E-state index contributed by atoms with van der Waals surface area (Å²) in [5, 5.41) is 14.7. The van der Waals surface area contributed by atoms with Crippen LogP contribution in [0.3, 0.4) is 0 Å². The van der Waals surface area contributed by atoms with Crippen LogP contribution in [0.4, 0.5) is 5.13 Å². The average Bonchev–Trinajstić information content (AvgIpc) is 2.83. The van der Waals surface area contributed by atoms with Crippen LogP contribution in [-0.4, -0.2) is 48.3 Å². The van der Waals surface area contributed by atoms with Gasteiger partial charge in [-0.15, -0.1) is 10.2 Å². The number of likely N-dealkylation sites (N-methyl/N-ethyl adjacent to an activating group) is 1. The van der Waals surface area contributed by atoms with Gasteiger partial charge >= 0.3 is 0 Å². The number of hydrogen-bond acceptors (Lipinski definition) is 6. The molecule has 0 saturated carbocycles. The molecule has 2 rings (SSSR count). The van der Waals surface area contributed by atoms with Crippen molar-refractivity contribution in [2.24, 2.45) is 0 Å². The number of aromatic nitrogens is 2. The van der Waals surface area contributed by atoms with Gasteiger partial charge in [-0.25, -0.2) is 0 Å². The van der Waals surface area contributed by atoms with Crippen LogP contribution in [0, 0.1) is 0 Å². The molecule has 0 aromatic carbocycles. The van der Waals surface area contributed by atoms with E-state index in [2.05, 4.69) is 20.8 Å². The van der Waals surface area contributed by atoms with Gasteiger partial charge < -0.3 is 15.5 Å². The second kappa shape index (κ2) is 5.22. The van der Waals surface area contributed by atoms with E-state index < -0.39 is 0 Å². The first-order chi connectivity index (χ1) is 7.83. The summed E-state index contributed by atoms with van der Waals surface area (Å²) in [5.74, 6) is 0.0462. The van der Waals surface area contributed by atoms with Crippen molar-refractivity contribution in [3.8, 4) is 0 Å². The van der Waals surface area contributed by atoms with E-state index in [1.54, 1.807) is 5.51 Å². The fraction of sp³-hybridized carbons (Fsp3) is 0.667. The predicted molar refractivity (Wildman–Crippen MR) is 62.6 cm³/mol. The van der Waals surface area contributed by atoms with E-state index in [1.165, 1.54) is 11.3 Å². The maximum Gasteiger partial charge on any atom is 0.244 e. The highest BCUT2D eigenvalue weighted by atomic mass is 32.1. The Balaban J connectivity index is 2.11. The van der Waals surface area contributed by atoms with Crippen LogP contribution in [0.15, 0.2) is 5.51 Å². The molecule has 1 unspecified atom stereocenters. The van der Waals surface area contributed by atoms with Gasteiger partial charge in [0.25, 0.3) is 0 Å². The number of nitrogens with one attached hydrogen (secondary N) is 2. The Hall–Kier alpha value is -1.21. The molecule has 1 aromatic heterocycles. The number of carbonyl (C=O) groups is 1. The SMILES string of the molecule is CCNC(=O)C1CNCCN1c1nncs1. The van der Waals surface area contributed by atoms with E-state index in [9.17, 15) is 4.79 Å². The number of rotatable bonds is 3. The molecule has 1 aliphatic rings. The van der Waals surface area contributed by atoms with Crippen LogP contribution in [0.2, 0.25) is 0 Å². The van der Waals surface area contributed by atoms with Gasteiger partial charge in [0.05, 0.1) is 0 Å². The van der Waals surface area contributed by atoms with Crippen molar-refractivity contribution in [3.05, 3.63) is 5.51 Å². The lowest BCUT2D eigenvalue weighted by Crippen LogP contribution is -2.58. The molecule has 1 atom stereocenters. The number of piperazine rings is 1. The quantitative estimate of drug-likeness (QED) is 0.743. The summed E-state index contributed by atoms with van der Waals surface area (Å²) in [5.41, 5.74) is 1.69. The van der Waals surface area contributed by atoms with E-state index in [1.807, 2.05) is 11.8 Å². The molecule has 1 saturated heterocycles. The van der Waals surface area contributed by atoms with E-state index in [0.29, 0.717) is 13.1 Å². The fourth-order valence-electron chi connectivity index (χ4n) is 1.75. The molecule has 2 heterocycles. The number of hydrogen-bond donors (Lipinski definition) is 2. The van der Waals surface area contributed by atoms with Crippen LogP contribution in [0.1, 0.15) is 6.92 Å². The second-order valence-electron chi connectivity index (χ2n) is 3.53. The summed E-state index contributed by atoms with van der Waals surface area (Å²) in [6.45, 7) is 4.89. The van der Waals surface area contributed by atoms with Crippen LogP contribution in [-0.2, 0) is 4.79 Å². The van der Waals surface area contributed by atoms with Gasteiger partial charge in [0.1, 0.15) is 11.6 Å². The number of anilines is 1. The zero-order chi connectivity index (χ0) is 11.4. The van der Waals surface area contributed by atoms with E-state index in [4.69, 9.17) is 0 Å². The summed E-state index contributed by atoms with van der Waals surface area (Å²) < 4.78 is 0. The zero-order valence-corrected chi connectivity index (χ0v) is 9.96. The van der Waals surface area contributed by atoms with Crippen LogP contribution in [0.25, 0.3) is 0 Å². The highest BCUT2D eigenvalue weighted by Gasteiger charge is 2.29. The van der Waals surface area contributed by atoms with E-state index in [0.717, 1.165) is 18.2 Å². The fourth-order valence-corrected chi connectivity index (χ4v) is 2.39. The molecule has 0 aliphatic carbocycles. The lowest BCUT2D eigenvalue weighted by molar-refractivity contribution is -0.122. The minimum atomic E-state index is -0.179. The molecule has 6 nitrogen and oxygen atoms in total. The van der Waals surface area contributed by atoms with Crippen molar-refractivity contribution in [2.75, 3.05) is 31.1 Å². The van der Waals surface area contributed by atoms with Crippen molar-refractivity contribution < 1.29 is 4.79 Å². The van der Waals surface area contributed by atoms with E-state index >= 15 is 0 Å². The Morgan fingerprint density at radius 3 is 3.38 bits per heavy atom. The smallest absolute Gasteiger partial charge is 0.244 e. The minimum Gasteiger partial charge on any atom is -0.355 e. The maximum absolute atomic E-state index is 11.9. The molecular weight excluding hydrogens is 226 g/mol. The molecule has 1 aromatic rings. The van der Waals surface area contributed by atoms with Gasteiger partial charge in [-0.2, -0.15) is 0 Å². The Morgan fingerprint density at radius 1 is 1.81 bits per heavy atom. The van der Waals surface area contributed by atoms with Crippen LogP contribution < -0.4 is 15.5 Å². The molecule has 88 valence electrons. The summed E-state index contributed by atoms with van der Waals surface area (Å²) in [4.78, 5) is 13.9. The highest BCUT2D eigenvalue weighted by Crippen LogP contribution is 2.19. The first-order valence-electron chi connectivity index (χ1n) is 5.34. The summed E-state index contributed by atoms with van der Waals surface area (Å²) in [6.07, 6.45) is 0. The number of nitrogens with zero attached hydrogens (tertiary/aromatic N) is 3. The van der Waals surface area contributed by atoms with Crippen LogP contribution in [0.5, 0.6) is 0 Å². The molecule has 2 N–H and O–H groups in total. The third kappa shape index (κ3) is 2.30. The third-order valence-corrected chi connectivity index (χ3v) is 3.22. The van der Waals surface area contributed by atoms with Crippen LogP contribution >= 0.6 is 11.3 Å². The average molecular weight is 241 g/mol. The second-order valence-corrected chi connectivity index (χ2v) is 4.34. The van der Waals surface area contributed by atoms with Gasteiger partial charge in [0.15, 0.2) is 0 Å². The molecule has 1 amide bonds. The Labute approximate surface area is 98.0 Å². The van der Waals surface area contributed by atoms with Crippen molar-refractivity contribution in [2.45, 2.75) is 13.0 Å². The summed E-state index contributed by atoms with van der Waals surface area (Å²) in [6, 6.07) is -0.179. The van der Waals surface area contributed by atoms with Gasteiger partial charge in [0.2, 0.25) is 11.0 Å². The lowest BCUT2D eigenvalue weighted by Gasteiger charge is -2.34. The first-order valence-corrected chi connectivity index (χ1v) is 6.22. The monoisotopic (exact) mass is 241 g/mol. The third-order valence-electron chi connectivity index (χ3n) is 2.49. The minimum absolute atomic E-state index is 0.0462. The Bertz CT molecular complexity index is 342. The topological polar surface area (TPSA) is 70.2 Å². The summed E-state index contributed by atoms with van der Waals surface area (Å²) >= 11 is 1.46. The molecule has 0 bridgehead atoms. The number of amides is 1. The Morgan fingerprint density at radius 2 is 2.69 bits per heavy atom. The van der Waals surface area contributed by atoms with Crippen molar-refractivity contribution in [1.29, 1.82) is 0 Å². The van der Waals surface area contributed by atoms with Gasteiger partial charge in [-0.3, -0.25) is 4.79 Å². The molecular formula is C9H15N5OS. The normalized spacial score (nSPS) is 20.8. The molecule has 0 spiro atoms. The molecule has 0 radical (unpaired) electrons.